The van der Waals surface area contributed by atoms with E-state index in [4.69, 9.17) is 9.73 Å². The Hall–Kier alpha value is -4.04. The number of aromatic nitrogens is 2. The number of nitrogens with zero attached hydrogens (tertiary/aromatic N) is 2. The summed E-state index contributed by atoms with van der Waals surface area (Å²) in [6, 6.07) is 22.9. The molecule has 0 saturated carbocycles. The second-order valence-electron chi connectivity index (χ2n) is 7.42. The lowest BCUT2D eigenvalue weighted by Gasteiger charge is -2.12. The van der Waals surface area contributed by atoms with Crippen LogP contribution in [0.15, 0.2) is 77.3 Å². The molecule has 0 aliphatic heterocycles. The zero-order valence-corrected chi connectivity index (χ0v) is 17.2. The highest BCUT2D eigenvalue weighted by atomic mass is 16.5. The van der Waals surface area contributed by atoms with Crippen molar-refractivity contribution in [3.63, 3.8) is 0 Å². The van der Waals surface area contributed by atoms with E-state index in [1.165, 1.54) is 0 Å². The molecule has 162 valence electrons. The van der Waals surface area contributed by atoms with E-state index >= 15 is 0 Å². The van der Waals surface area contributed by atoms with Crippen LogP contribution in [-0.4, -0.2) is 27.2 Å². The van der Waals surface area contributed by atoms with Crippen LogP contribution in [0.2, 0.25) is 0 Å². The van der Waals surface area contributed by atoms with Crippen molar-refractivity contribution in [1.82, 2.24) is 20.9 Å². The topological polar surface area (TPSA) is 117 Å². The maximum atomic E-state index is 12.2. The second kappa shape index (κ2) is 9.84. The molecule has 0 radical (unpaired) electrons. The molecular weight excluding hydrogens is 408 g/mol. The van der Waals surface area contributed by atoms with Gasteiger partial charge in [-0.3, -0.25) is 14.8 Å². The van der Waals surface area contributed by atoms with Gasteiger partial charge in [0.15, 0.2) is 5.82 Å². The Kier molecular flexibility index (Phi) is 6.52. The van der Waals surface area contributed by atoms with Gasteiger partial charge in [-0.1, -0.05) is 65.8 Å². The quantitative estimate of drug-likeness (QED) is 0.291. The van der Waals surface area contributed by atoms with Crippen LogP contribution < -0.4 is 10.8 Å². The van der Waals surface area contributed by atoms with Crippen LogP contribution in [0.4, 0.5) is 0 Å². The van der Waals surface area contributed by atoms with Crippen LogP contribution in [0.5, 0.6) is 0 Å². The van der Waals surface area contributed by atoms with Crippen LogP contribution in [-0.2, 0) is 17.8 Å². The first-order chi connectivity index (χ1) is 15.6. The number of benzene rings is 3. The van der Waals surface area contributed by atoms with Crippen LogP contribution >= 0.6 is 0 Å². The summed E-state index contributed by atoms with van der Waals surface area (Å²) >= 11 is 0. The van der Waals surface area contributed by atoms with E-state index in [0.717, 1.165) is 16.3 Å². The summed E-state index contributed by atoms with van der Waals surface area (Å²) < 4.78 is 5.40. The van der Waals surface area contributed by atoms with Crippen LogP contribution in [0.3, 0.4) is 0 Å². The molecule has 8 heteroatoms. The lowest BCUT2D eigenvalue weighted by atomic mass is 9.94. The Balaban J connectivity index is 1.48. The van der Waals surface area contributed by atoms with E-state index in [1.807, 2.05) is 42.5 Å². The largest absolute Gasteiger partial charge is 0.345 e. The SMILES string of the molecule is O=C(CC(Cc1ccc2ccccc2c1)c1nc(CNC(=O)c2ccccc2)no1)NO. The van der Waals surface area contributed by atoms with Gasteiger partial charge in [0.05, 0.1) is 12.5 Å². The third kappa shape index (κ3) is 5.16. The molecule has 1 aromatic heterocycles. The number of hydrogen-bond acceptors (Lipinski definition) is 6. The molecule has 32 heavy (non-hydrogen) atoms. The minimum Gasteiger partial charge on any atom is -0.345 e. The van der Waals surface area contributed by atoms with E-state index < -0.39 is 11.8 Å². The molecule has 0 bridgehead atoms. The molecule has 2 amide bonds. The zero-order valence-electron chi connectivity index (χ0n) is 17.2. The predicted molar refractivity (Wildman–Crippen MR) is 117 cm³/mol. The summed E-state index contributed by atoms with van der Waals surface area (Å²) in [5.74, 6) is -0.658. The highest BCUT2D eigenvalue weighted by molar-refractivity contribution is 5.94. The monoisotopic (exact) mass is 430 g/mol. The number of carbonyl (C=O) groups excluding carboxylic acids is 2. The molecule has 1 heterocycles. The fourth-order valence-corrected chi connectivity index (χ4v) is 3.52. The molecule has 3 N–H and O–H groups in total. The molecular formula is C24H22N4O4. The number of amides is 2. The van der Waals surface area contributed by atoms with Crippen molar-refractivity contribution in [2.45, 2.75) is 25.3 Å². The third-order valence-electron chi connectivity index (χ3n) is 5.13. The van der Waals surface area contributed by atoms with E-state index in [9.17, 15) is 9.59 Å². The van der Waals surface area contributed by atoms with Crippen molar-refractivity contribution >= 4 is 22.6 Å². The maximum absolute atomic E-state index is 12.2. The molecule has 0 fully saturated rings. The first kappa shape index (κ1) is 21.2. The summed E-state index contributed by atoms with van der Waals surface area (Å²) in [6.07, 6.45) is 0.442. The number of nitrogens with one attached hydrogen (secondary N) is 2. The molecule has 4 aromatic rings. The molecule has 0 spiro atoms. The first-order valence-electron chi connectivity index (χ1n) is 10.2. The number of carbonyl (C=O) groups is 2. The van der Waals surface area contributed by atoms with Gasteiger partial charge >= 0.3 is 0 Å². The Bertz CT molecular complexity index is 1220. The molecule has 4 rings (SSSR count). The van der Waals surface area contributed by atoms with Crippen molar-refractivity contribution < 1.29 is 19.3 Å². The number of fused-ring (bicyclic) bond motifs is 1. The lowest BCUT2D eigenvalue weighted by molar-refractivity contribution is -0.129. The summed E-state index contributed by atoms with van der Waals surface area (Å²) in [5.41, 5.74) is 3.19. The summed E-state index contributed by atoms with van der Waals surface area (Å²) in [5, 5.41) is 17.9. The first-order valence-corrected chi connectivity index (χ1v) is 10.2. The second-order valence-corrected chi connectivity index (χ2v) is 7.42. The highest BCUT2D eigenvalue weighted by Gasteiger charge is 2.23. The standard InChI is InChI=1S/C24H22N4O4/c29-22(27-31)14-20(13-16-10-11-17-6-4-5-9-19(17)12-16)24-26-21(28-32-24)15-25-23(30)18-7-2-1-3-8-18/h1-12,20,31H,13-15H2,(H,25,30)(H,27,29). The van der Waals surface area contributed by atoms with Crippen molar-refractivity contribution in [3.8, 4) is 0 Å². The van der Waals surface area contributed by atoms with Gasteiger partial charge in [0.25, 0.3) is 5.91 Å². The van der Waals surface area contributed by atoms with Crippen LogP contribution in [0.25, 0.3) is 10.8 Å². The normalized spacial score (nSPS) is 11.8. The third-order valence-corrected chi connectivity index (χ3v) is 5.13. The minimum atomic E-state index is -0.548. The Morgan fingerprint density at radius 3 is 2.50 bits per heavy atom. The summed E-state index contributed by atoms with van der Waals surface area (Å²) in [6.45, 7) is 0.0894. The summed E-state index contributed by atoms with van der Waals surface area (Å²) in [7, 11) is 0. The van der Waals surface area contributed by atoms with Crippen molar-refractivity contribution in [3.05, 3.63) is 95.6 Å². The average molecular weight is 430 g/mol. The van der Waals surface area contributed by atoms with Gasteiger partial charge in [0.2, 0.25) is 11.8 Å². The Morgan fingerprint density at radius 1 is 0.969 bits per heavy atom. The van der Waals surface area contributed by atoms with E-state index in [2.05, 4.69) is 21.5 Å². The zero-order chi connectivity index (χ0) is 22.3. The Morgan fingerprint density at radius 2 is 1.72 bits per heavy atom. The predicted octanol–water partition coefficient (Wildman–Crippen LogP) is 3.37. The molecule has 0 saturated heterocycles. The number of hydroxylamine groups is 1. The van der Waals surface area contributed by atoms with Crippen molar-refractivity contribution in [2.75, 3.05) is 0 Å². The molecule has 1 unspecified atom stereocenters. The van der Waals surface area contributed by atoms with Crippen molar-refractivity contribution in [1.29, 1.82) is 0 Å². The summed E-state index contributed by atoms with van der Waals surface area (Å²) in [4.78, 5) is 28.5. The highest BCUT2D eigenvalue weighted by Crippen LogP contribution is 2.25. The van der Waals surface area contributed by atoms with Crippen molar-refractivity contribution in [2.24, 2.45) is 0 Å². The maximum Gasteiger partial charge on any atom is 0.251 e. The smallest absolute Gasteiger partial charge is 0.251 e. The molecule has 3 aromatic carbocycles. The van der Waals surface area contributed by atoms with Gasteiger partial charge in [-0.2, -0.15) is 4.98 Å². The molecule has 0 aliphatic carbocycles. The van der Waals surface area contributed by atoms with Gasteiger partial charge in [-0.25, -0.2) is 5.48 Å². The van der Waals surface area contributed by atoms with E-state index in [1.54, 1.807) is 29.7 Å². The van der Waals surface area contributed by atoms with E-state index in [-0.39, 0.29) is 24.8 Å². The Labute approximate surface area is 184 Å². The van der Waals surface area contributed by atoms with Gasteiger partial charge in [0.1, 0.15) is 0 Å². The lowest BCUT2D eigenvalue weighted by Crippen LogP contribution is -2.23. The fraction of sp³-hybridized carbons (Fsp3) is 0.167. The number of rotatable bonds is 8. The molecule has 8 nitrogen and oxygen atoms in total. The molecule has 1 atom stereocenters. The number of hydrogen-bond donors (Lipinski definition) is 3. The van der Waals surface area contributed by atoms with Gasteiger partial charge in [-0.15, -0.1) is 0 Å². The van der Waals surface area contributed by atoms with Gasteiger partial charge in [0, 0.05) is 12.0 Å². The minimum absolute atomic E-state index is 0.0265. The van der Waals surface area contributed by atoms with E-state index in [0.29, 0.717) is 17.8 Å². The van der Waals surface area contributed by atoms with Crippen LogP contribution in [0, 0.1) is 0 Å². The van der Waals surface area contributed by atoms with Crippen LogP contribution in [0.1, 0.15) is 40.0 Å². The fourth-order valence-electron chi connectivity index (χ4n) is 3.52. The molecule has 0 aliphatic rings. The average Bonchev–Trinajstić information content (AvgIpc) is 3.31. The van der Waals surface area contributed by atoms with Gasteiger partial charge < -0.3 is 9.84 Å². The van der Waals surface area contributed by atoms with Gasteiger partial charge in [-0.05, 0) is 34.9 Å².